The third kappa shape index (κ3) is 2.71. The van der Waals surface area contributed by atoms with Gasteiger partial charge in [0.25, 0.3) is 0 Å². The number of hydrogen-bond donors (Lipinski definition) is 1. The van der Waals surface area contributed by atoms with Crippen molar-refractivity contribution in [3.05, 3.63) is 35.9 Å². The second-order valence-electron chi connectivity index (χ2n) is 6.94. The van der Waals surface area contributed by atoms with Crippen LogP contribution in [-0.2, 0) is 4.79 Å². The van der Waals surface area contributed by atoms with Crippen molar-refractivity contribution in [1.29, 1.82) is 0 Å². The number of likely N-dealkylation sites (tertiary alicyclic amines) is 1. The van der Waals surface area contributed by atoms with E-state index in [1.54, 1.807) is 0 Å². The van der Waals surface area contributed by atoms with Crippen molar-refractivity contribution in [2.75, 3.05) is 19.6 Å². The van der Waals surface area contributed by atoms with Gasteiger partial charge in [-0.05, 0) is 45.2 Å². The summed E-state index contributed by atoms with van der Waals surface area (Å²) < 4.78 is 0. The van der Waals surface area contributed by atoms with Gasteiger partial charge in [-0.1, -0.05) is 30.3 Å². The molecule has 0 aromatic heterocycles. The lowest BCUT2D eigenvalue weighted by atomic mass is 9.82. The van der Waals surface area contributed by atoms with Gasteiger partial charge in [-0.15, -0.1) is 0 Å². The second kappa shape index (κ2) is 5.80. The first-order chi connectivity index (χ1) is 10.1. The zero-order chi connectivity index (χ0) is 14.9. The zero-order valence-corrected chi connectivity index (χ0v) is 13.1. The maximum absolute atomic E-state index is 12.9. The Morgan fingerprint density at radius 2 is 2.00 bits per heavy atom. The average Bonchev–Trinajstić information content (AvgIpc) is 2.83. The lowest BCUT2D eigenvalue weighted by molar-refractivity contribution is -0.139. The summed E-state index contributed by atoms with van der Waals surface area (Å²) in [5, 5.41) is 3.36. The van der Waals surface area contributed by atoms with Gasteiger partial charge >= 0.3 is 0 Å². The lowest BCUT2D eigenvalue weighted by Gasteiger charge is -2.39. The normalized spacial score (nSPS) is 28.6. The highest BCUT2D eigenvalue weighted by Gasteiger charge is 2.45. The molecule has 2 saturated heterocycles. The van der Waals surface area contributed by atoms with E-state index in [2.05, 4.69) is 54.4 Å². The molecule has 2 heterocycles. The Morgan fingerprint density at radius 1 is 1.24 bits per heavy atom. The molecule has 1 aromatic rings. The van der Waals surface area contributed by atoms with Crippen molar-refractivity contribution in [1.82, 2.24) is 10.2 Å². The third-order valence-corrected chi connectivity index (χ3v) is 5.30. The van der Waals surface area contributed by atoms with Gasteiger partial charge in [0.2, 0.25) is 5.91 Å². The van der Waals surface area contributed by atoms with Crippen LogP contribution in [0.2, 0.25) is 0 Å². The standard InChI is InChI=1S/C18H26N2O/c1-18(2)16(14-7-4-3-5-8-14)10-12-20(18)17(21)15-9-6-11-19-13-15/h3-5,7-8,15-16,19H,6,9-13H2,1-2H3/t15-,16?/m1/s1. The van der Waals surface area contributed by atoms with Gasteiger partial charge in [-0.3, -0.25) is 4.79 Å². The quantitative estimate of drug-likeness (QED) is 0.906. The van der Waals surface area contributed by atoms with Gasteiger partial charge in [0.05, 0.1) is 5.92 Å². The lowest BCUT2D eigenvalue weighted by Crippen LogP contribution is -2.50. The van der Waals surface area contributed by atoms with E-state index in [-0.39, 0.29) is 11.5 Å². The molecule has 114 valence electrons. The molecule has 1 amide bonds. The van der Waals surface area contributed by atoms with E-state index >= 15 is 0 Å². The van der Waals surface area contributed by atoms with Gasteiger partial charge in [0, 0.05) is 24.5 Å². The molecule has 3 heteroatoms. The largest absolute Gasteiger partial charge is 0.337 e. The van der Waals surface area contributed by atoms with E-state index in [1.807, 2.05) is 0 Å². The van der Waals surface area contributed by atoms with Crippen molar-refractivity contribution in [2.24, 2.45) is 5.92 Å². The minimum absolute atomic E-state index is 0.0874. The molecular weight excluding hydrogens is 260 g/mol. The van der Waals surface area contributed by atoms with Crippen LogP contribution < -0.4 is 5.32 Å². The maximum atomic E-state index is 12.9. The summed E-state index contributed by atoms with van der Waals surface area (Å²) in [5.74, 6) is 0.970. The minimum Gasteiger partial charge on any atom is -0.337 e. The van der Waals surface area contributed by atoms with Crippen LogP contribution in [0.3, 0.4) is 0 Å². The summed E-state index contributed by atoms with van der Waals surface area (Å²) in [4.78, 5) is 15.0. The summed E-state index contributed by atoms with van der Waals surface area (Å²) >= 11 is 0. The molecule has 3 rings (SSSR count). The molecule has 2 aliphatic rings. The van der Waals surface area contributed by atoms with Gasteiger partial charge in [0.15, 0.2) is 0 Å². The Hall–Kier alpha value is -1.35. The summed E-state index contributed by atoms with van der Waals surface area (Å²) in [6.07, 6.45) is 3.23. The molecule has 3 nitrogen and oxygen atoms in total. The van der Waals surface area contributed by atoms with Crippen LogP contribution in [-0.4, -0.2) is 36.0 Å². The SMILES string of the molecule is CC1(C)C(c2ccccc2)CCN1C(=O)[C@@H]1CCCNC1. The molecule has 1 aromatic carbocycles. The van der Waals surface area contributed by atoms with Crippen LogP contribution in [0.1, 0.15) is 44.6 Å². The predicted octanol–water partition coefficient (Wildman–Crippen LogP) is 2.78. The number of amides is 1. The van der Waals surface area contributed by atoms with Crippen LogP contribution in [0, 0.1) is 5.92 Å². The number of nitrogens with one attached hydrogen (secondary N) is 1. The van der Waals surface area contributed by atoms with E-state index in [4.69, 9.17) is 0 Å². The monoisotopic (exact) mass is 286 g/mol. The minimum atomic E-state index is -0.0874. The van der Waals surface area contributed by atoms with Crippen molar-refractivity contribution in [3.8, 4) is 0 Å². The zero-order valence-electron chi connectivity index (χ0n) is 13.1. The highest BCUT2D eigenvalue weighted by molar-refractivity contribution is 5.80. The number of rotatable bonds is 2. The van der Waals surface area contributed by atoms with Gasteiger partial charge in [-0.25, -0.2) is 0 Å². The van der Waals surface area contributed by atoms with Crippen LogP contribution in [0.25, 0.3) is 0 Å². The van der Waals surface area contributed by atoms with Gasteiger partial charge < -0.3 is 10.2 Å². The van der Waals surface area contributed by atoms with E-state index in [0.29, 0.717) is 11.8 Å². The molecular formula is C18H26N2O. The number of carbonyl (C=O) groups excluding carboxylic acids is 1. The molecule has 0 radical (unpaired) electrons. The Bertz CT molecular complexity index is 491. The number of carbonyl (C=O) groups is 1. The molecule has 0 spiro atoms. The smallest absolute Gasteiger partial charge is 0.227 e. The van der Waals surface area contributed by atoms with Gasteiger partial charge in [-0.2, -0.15) is 0 Å². The van der Waals surface area contributed by atoms with E-state index < -0.39 is 0 Å². The molecule has 21 heavy (non-hydrogen) atoms. The van der Waals surface area contributed by atoms with E-state index in [1.165, 1.54) is 5.56 Å². The summed E-state index contributed by atoms with van der Waals surface area (Å²) in [6, 6.07) is 10.6. The maximum Gasteiger partial charge on any atom is 0.227 e. The van der Waals surface area contributed by atoms with Gasteiger partial charge in [0.1, 0.15) is 0 Å². The summed E-state index contributed by atoms with van der Waals surface area (Å²) in [5.41, 5.74) is 1.27. The predicted molar refractivity (Wildman–Crippen MR) is 85.2 cm³/mol. The van der Waals surface area contributed by atoms with Crippen LogP contribution in [0.5, 0.6) is 0 Å². The fourth-order valence-electron chi connectivity index (χ4n) is 4.02. The first-order valence-corrected chi connectivity index (χ1v) is 8.18. The Balaban J connectivity index is 1.77. The van der Waals surface area contributed by atoms with Crippen molar-refractivity contribution < 1.29 is 4.79 Å². The van der Waals surface area contributed by atoms with Crippen LogP contribution in [0.4, 0.5) is 0 Å². The highest BCUT2D eigenvalue weighted by Crippen LogP contribution is 2.42. The molecule has 2 atom stereocenters. The second-order valence-corrected chi connectivity index (χ2v) is 6.94. The third-order valence-electron chi connectivity index (χ3n) is 5.30. The topological polar surface area (TPSA) is 32.3 Å². The van der Waals surface area contributed by atoms with Crippen LogP contribution in [0.15, 0.2) is 30.3 Å². The summed E-state index contributed by atoms with van der Waals surface area (Å²) in [6.45, 7) is 7.25. The van der Waals surface area contributed by atoms with Crippen molar-refractivity contribution >= 4 is 5.91 Å². The average molecular weight is 286 g/mol. The molecule has 1 unspecified atom stereocenters. The molecule has 0 saturated carbocycles. The first-order valence-electron chi connectivity index (χ1n) is 8.18. The van der Waals surface area contributed by atoms with Crippen LogP contribution >= 0.6 is 0 Å². The molecule has 0 aliphatic carbocycles. The first kappa shape index (κ1) is 14.6. The number of piperidine rings is 1. The fraction of sp³-hybridized carbons (Fsp3) is 0.611. The van der Waals surface area contributed by atoms with E-state index in [0.717, 1.165) is 38.9 Å². The number of hydrogen-bond acceptors (Lipinski definition) is 2. The Labute approximate surface area is 127 Å². The molecule has 0 bridgehead atoms. The van der Waals surface area contributed by atoms with Crippen molar-refractivity contribution in [2.45, 2.75) is 44.6 Å². The summed E-state index contributed by atoms with van der Waals surface area (Å²) in [7, 11) is 0. The molecule has 2 fully saturated rings. The molecule has 2 aliphatic heterocycles. The van der Waals surface area contributed by atoms with E-state index in [9.17, 15) is 4.79 Å². The highest BCUT2D eigenvalue weighted by atomic mass is 16.2. The number of benzene rings is 1. The fourth-order valence-corrected chi connectivity index (χ4v) is 4.02. The van der Waals surface area contributed by atoms with Crippen molar-refractivity contribution in [3.63, 3.8) is 0 Å². The number of nitrogens with zero attached hydrogens (tertiary/aromatic N) is 1. The Morgan fingerprint density at radius 3 is 2.67 bits per heavy atom. The Kier molecular flexibility index (Phi) is 4.03. The molecule has 1 N–H and O–H groups in total.